The predicted molar refractivity (Wildman–Crippen MR) is 89.1 cm³/mol. The summed E-state index contributed by atoms with van der Waals surface area (Å²) in [6.45, 7) is 1.97. The first kappa shape index (κ1) is 15.8. The molecular formula is C17H18N4O3. The summed E-state index contributed by atoms with van der Waals surface area (Å²) in [5.41, 5.74) is 1.63. The first-order valence-corrected chi connectivity index (χ1v) is 7.44. The zero-order valence-electron chi connectivity index (χ0n) is 13.7. The highest BCUT2D eigenvalue weighted by Gasteiger charge is 2.14. The number of nitrogens with zero attached hydrogens (tertiary/aromatic N) is 3. The van der Waals surface area contributed by atoms with Gasteiger partial charge in [-0.1, -0.05) is 11.2 Å². The highest BCUT2D eigenvalue weighted by molar-refractivity contribution is 5.61. The number of pyridine rings is 1. The van der Waals surface area contributed by atoms with Gasteiger partial charge in [0.15, 0.2) is 0 Å². The van der Waals surface area contributed by atoms with Crippen LogP contribution >= 0.6 is 0 Å². The van der Waals surface area contributed by atoms with Crippen molar-refractivity contribution in [1.82, 2.24) is 15.1 Å². The van der Waals surface area contributed by atoms with E-state index in [0.717, 1.165) is 11.3 Å². The topological polar surface area (TPSA) is 82.3 Å². The van der Waals surface area contributed by atoms with Crippen LogP contribution in [0.4, 0.5) is 6.01 Å². The molecule has 0 aliphatic carbocycles. The van der Waals surface area contributed by atoms with Crippen LogP contribution < -0.4 is 14.8 Å². The van der Waals surface area contributed by atoms with Crippen LogP contribution in [0.1, 0.15) is 18.7 Å². The lowest BCUT2D eigenvalue weighted by molar-refractivity contribution is 0.394. The van der Waals surface area contributed by atoms with Gasteiger partial charge < -0.3 is 19.3 Å². The third kappa shape index (κ3) is 3.45. The van der Waals surface area contributed by atoms with Crippen molar-refractivity contribution in [2.24, 2.45) is 0 Å². The van der Waals surface area contributed by atoms with E-state index in [1.165, 1.54) is 0 Å². The van der Waals surface area contributed by atoms with Crippen molar-refractivity contribution >= 4 is 6.01 Å². The van der Waals surface area contributed by atoms with E-state index in [2.05, 4.69) is 20.4 Å². The zero-order valence-corrected chi connectivity index (χ0v) is 13.7. The Morgan fingerprint density at radius 1 is 1.08 bits per heavy atom. The smallest absolute Gasteiger partial charge is 0.322 e. The van der Waals surface area contributed by atoms with Crippen molar-refractivity contribution in [3.8, 4) is 22.9 Å². The second kappa shape index (κ2) is 6.99. The Hall–Kier alpha value is -3.09. The van der Waals surface area contributed by atoms with Crippen LogP contribution in [0.25, 0.3) is 11.4 Å². The molecule has 2 aromatic heterocycles. The van der Waals surface area contributed by atoms with E-state index in [1.54, 1.807) is 26.5 Å². The molecule has 1 N–H and O–H groups in total. The highest BCUT2D eigenvalue weighted by atomic mass is 16.5. The molecule has 7 nitrogen and oxygen atoms in total. The van der Waals surface area contributed by atoms with Gasteiger partial charge in [0.2, 0.25) is 5.82 Å². The fraction of sp³-hybridized carbons (Fsp3) is 0.235. The van der Waals surface area contributed by atoms with Gasteiger partial charge in [0.05, 0.1) is 26.0 Å². The van der Waals surface area contributed by atoms with Crippen LogP contribution in [0.15, 0.2) is 47.1 Å². The van der Waals surface area contributed by atoms with Gasteiger partial charge in [0.25, 0.3) is 0 Å². The minimum Gasteiger partial charge on any atom is -0.497 e. The standard InChI is InChI=1S/C17H18N4O3/c1-11(15-6-4-5-7-18-15)19-17-20-16(21-24-17)12-8-13(22-2)10-14(9-12)23-3/h4-11H,1-3H3,(H,19,20,21)/t11-/m1/s1. The SMILES string of the molecule is COc1cc(OC)cc(-c2noc(N[C@H](C)c3ccccn3)n2)c1. The van der Waals surface area contributed by atoms with E-state index in [4.69, 9.17) is 14.0 Å². The molecule has 0 spiro atoms. The molecule has 124 valence electrons. The molecule has 0 saturated heterocycles. The van der Waals surface area contributed by atoms with Crippen molar-refractivity contribution in [3.63, 3.8) is 0 Å². The number of hydrogen-bond donors (Lipinski definition) is 1. The van der Waals surface area contributed by atoms with E-state index in [9.17, 15) is 0 Å². The molecule has 0 bridgehead atoms. The highest BCUT2D eigenvalue weighted by Crippen LogP contribution is 2.29. The van der Waals surface area contributed by atoms with Crippen LogP contribution in [0.5, 0.6) is 11.5 Å². The Labute approximate surface area is 139 Å². The third-order valence-electron chi connectivity index (χ3n) is 3.51. The Balaban J connectivity index is 1.81. The Kier molecular flexibility index (Phi) is 4.60. The van der Waals surface area contributed by atoms with Gasteiger partial charge in [-0.05, 0) is 31.2 Å². The van der Waals surface area contributed by atoms with Gasteiger partial charge in [0, 0.05) is 17.8 Å². The van der Waals surface area contributed by atoms with Crippen LogP contribution in [0.2, 0.25) is 0 Å². The zero-order chi connectivity index (χ0) is 16.9. The lowest BCUT2D eigenvalue weighted by Gasteiger charge is -2.10. The van der Waals surface area contributed by atoms with E-state index in [0.29, 0.717) is 23.3 Å². The molecule has 0 saturated carbocycles. The summed E-state index contributed by atoms with van der Waals surface area (Å²) in [7, 11) is 3.19. The number of aromatic nitrogens is 3. The van der Waals surface area contributed by atoms with Crippen LogP contribution in [0, 0.1) is 0 Å². The van der Waals surface area contributed by atoms with Crippen LogP contribution in [-0.4, -0.2) is 29.3 Å². The summed E-state index contributed by atoms with van der Waals surface area (Å²) in [4.78, 5) is 8.67. The summed E-state index contributed by atoms with van der Waals surface area (Å²) in [5.74, 6) is 1.76. The molecule has 1 atom stereocenters. The van der Waals surface area contributed by atoms with E-state index >= 15 is 0 Å². The van der Waals surface area contributed by atoms with Crippen molar-refractivity contribution in [1.29, 1.82) is 0 Å². The van der Waals surface area contributed by atoms with Gasteiger partial charge in [-0.25, -0.2) is 0 Å². The largest absolute Gasteiger partial charge is 0.497 e. The number of ether oxygens (including phenoxy) is 2. The van der Waals surface area contributed by atoms with Gasteiger partial charge >= 0.3 is 6.01 Å². The molecule has 0 amide bonds. The minimum absolute atomic E-state index is 0.0562. The molecule has 0 aliphatic rings. The minimum atomic E-state index is -0.0562. The monoisotopic (exact) mass is 326 g/mol. The third-order valence-corrected chi connectivity index (χ3v) is 3.51. The fourth-order valence-corrected chi connectivity index (χ4v) is 2.23. The van der Waals surface area contributed by atoms with Gasteiger partial charge in [0.1, 0.15) is 11.5 Å². The Morgan fingerprint density at radius 2 is 1.83 bits per heavy atom. The second-order valence-electron chi connectivity index (χ2n) is 5.15. The van der Waals surface area contributed by atoms with Crippen molar-refractivity contribution in [3.05, 3.63) is 48.3 Å². The number of benzene rings is 1. The van der Waals surface area contributed by atoms with Crippen molar-refractivity contribution in [2.75, 3.05) is 19.5 Å². The van der Waals surface area contributed by atoms with E-state index in [1.807, 2.05) is 37.3 Å². The quantitative estimate of drug-likeness (QED) is 0.744. The Bertz CT molecular complexity index is 782. The molecule has 0 unspecified atom stereocenters. The molecule has 3 aromatic rings. The lowest BCUT2D eigenvalue weighted by atomic mass is 10.2. The lowest BCUT2D eigenvalue weighted by Crippen LogP contribution is -2.08. The van der Waals surface area contributed by atoms with Gasteiger partial charge in [-0.2, -0.15) is 4.98 Å². The summed E-state index contributed by atoms with van der Waals surface area (Å²) >= 11 is 0. The molecule has 0 radical (unpaired) electrons. The molecule has 24 heavy (non-hydrogen) atoms. The van der Waals surface area contributed by atoms with Crippen molar-refractivity contribution in [2.45, 2.75) is 13.0 Å². The summed E-state index contributed by atoms with van der Waals surface area (Å²) in [6.07, 6.45) is 1.75. The van der Waals surface area contributed by atoms with Gasteiger partial charge in [-0.15, -0.1) is 0 Å². The average molecular weight is 326 g/mol. The number of hydrogen-bond acceptors (Lipinski definition) is 7. The number of rotatable bonds is 6. The number of methoxy groups -OCH3 is 2. The predicted octanol–water partition coefficient (Wildman–Crippen LogP) is 3.32. The molecular weight excluding hydrogens is 308 g/mol. The fourth-order valence-electron chi connectivity index (χ4n) is 2.23. The molecule has 0 aliphatic heterocycles. The summed E-state index contributed by atoms with van der Waals surface area (Å²) in [5, 5.41) is 7.14. The van der Waals surface area contributed by atoms with Crippen molar-refractivity contribution < 1.29 is 14.0 Å². The van der Waals surface area contributed by atoms with Crippen LogP contribution in [-0.2, 0) is 0 Å². The first-order chi connectivity index (χ1) is 11.7. The molecule has 2 heterocycles. The summed E-state index contributed by atoms with van der Waals surface area (Å²) < 4.78 is 15.8. The second-order valence-corrected chi connectivity index (χ2v) is 5.15. The molecule has 0 fully saturated rings. The first-order valence-electron chi connectivity index (χ1n) is 7.44. The van der Waals surface area contributed by atoms with Crippen LogP contribution in [0.3, 0.4) is 0 Å². The average Bonchev–Trinajstić information content (AvgIpc) is 3.10. The molecule has 3 rings (SSSR count). The maximum Gasteiger partial charge on any atom is 0.322 e. The number of nitrogens with one attached hydrogen (secondary N) is 1. The van der Waals surface area contributed by atoms with E-state index < -0.39 is 0 Å². The normalized spacial score (nSPS) is 11.8. The maximum absolute atomic E-state index is 5.28. The van der Waals surface area contributed by atoms with E-state index in [-0.39, 0.29) is 6.04 Å². The Morgan fingerprint density at radius 3 is 2.46 bits per heavy atom. The maximum atomic E-state index is 5.28. The summed E-state index contributed by atoms with van der Waals surface area (Å²) in [6, 6.07) is 11.4. The number of anilines is 1. The van der Waals surface area contributed by atoms with Gasteiger partial charge in [-0.3, -0.25) is 4.98 Å². The molecule has 1 aromatic carbocycles. The molecule has 7 heteroatoms.